The van der Waals surface area contributed by atoms with Crippen LogP contribution >= 0.6 is 12.2 Å². The maximum Gasteiger partial charge on any atom is 0.0784 e. The third-order valence-corrected chi connectivity index (χ3v) is 4.52. The number of nitrogens with zero attached hydrogens (tertiary/aromatic N) is 1. The van der Waals surface area contributed by atoms with Gasteiger partial charge in [-0.1, -0.05) is 39.9 Å². The summed E-state index contributed by atoms with van der Waals surface area (Å²) in [5.74, 6) is 0.805. The molecule has 0 bridgehead atoms. The summed E-state index contributed by atoms with van der Waals surface area (Å²) in [5, 5.41) is 0. The van der Waals surface area contributed by atoms with Gasteiger partial charge in [0, 0.05) is 11.5 Å². The Labute approximate surface area is 118 Å². The van der Waals surface area contributed by atoms with E-state index < -0.39 is 0 Å². The molecule has 106 valence electrons. The minimum Gasteiger partial charge on any atom is -0.393 e. The van der Waals surface area contributed by atoms with E-state index in [1.807, 2.05) is 0 Å². The Hall–Kier alpha value is -0.150. The molecule has 0 spiro atoms. The molecule has 0 amide bonds. The molecular weight excluding hydrogens is 240 g/mol. The molecule has 1 aliphatic carbocycles. The fraction of sp³-hybridized carbons (Fsp3) is 0.933. The highest BCUT2D eigenvalue weighted by Gasteiger charge is 2.29. The molecule has 0 heterocycles. The average Bonchev–Trinajstić information content (AvgIpc) is 3.06. The Morgan fingerprint density at radius 3 is 2.39 bits per heavy atom. The van der Waals surface area contributed by atoms with Crippen LogP contribution in [0.1, 0.15) is 59.8 Å². The molecule has 1 fully saturated rings. The van der Waals surface area contributed by atoms with Gasteiger partial charge in [-0.3, -0.25) is 0 Å². The number of nitrogens with two attached hydrogens (primary N) is 1. The van der Waals surface area contributed by atoms with Gasteiger partial charge in [0.05, 0.1) is 4.99 Å². The van der Waals surface area contributed by atoms with Gasteiger partial charge in [-0.25, -0.2) is 0 Å². The molecule has 2 N–H and O–H groups in total. The van der Waals surface area contributed by atoms with Crippen LogP contribution < -0.4 is 5.73 Å². The third-order valence-electron chi connectivity index (χ3n) is 3.97. The van der Waals surface area contributed by atoms with E-state index in [-0.39, 0.29) is 5.41 Å². The summed E-state index contributed by atoms with van der Waals surface area (Å²) >= 11 is 5.12. The van der Waals surface area contributed by atoms with Crippen LogP contribution in [0.5, 0.6) is 0 Å². The molecule has 0 radical (unpaired) electrons. The van der Waals surface area contributed by atoms with Gasteiger partial charge in [-0.15, -0.1) is 0 Å². The fourth-order valence-corrected chi connectivity index (χ4v) is 2.29. The first-order valence-electron chi connectivity index (χ1n) is 7.37. The van der Waals surface area contributed by atoms with Gasteiger partial charge < -0.3 is 10.6 Å². The minimum absolute atomic E-state index is 0.0165. The lowest BCUT2D eigenvalue weighted by molar-refractivity contribution is 0.235. The SMILES string of the molecule is CC(C)CCN(CCCC(C)(C)C(N)=S)C1CC1. The zero-order chi connectivity index (χ0) is 13.8. The third kappa shape index (κ3) is 5.66. The molecule has 2 nitrogen and oxygen atoms in total. The van der Waals surface area contributed by atoms with Crippen molar-refractivity contribution in [1.29, 1.82) is 0 Å². The van der Waals surface area contributed by atoms with Crippen LogP contribution in [0, 0.1) is 11.3 Å². The molecule has 0 aliphatic heterocycles. The zero-order valence-electron chi connectivity index (χ0n) is 12.5. The van der Waals surface area contributed by atoms with Crippen molar-refractivity contribution in [2.75, 3.05) is 13.1 Å². The van der Waals surface area contributed by atoms with Crippen molar-refractivity contribution in [2.24, 2.45) is 17.1 Å². The van der Waals surface area contributed by atoms with Crippen molar-refractivity contribution in [3.63, 3.8) is 0 Å². The number of rotatable bonds is 9. The summed E-state index contributed by atoms with van der Waals surface area (Å²) in [6.45, 7) is 11.4. The lowest BCUT2D eigenvalue weighted by Crippen LogP contribution is -2.33. The van der Waals surface area contributed by atoms with Crippen LogP contribution in [-0.2, 0) is 0 Å². The second-order valence-corrected chi connectivity index (χ2v) is 7.24. The van der Waals surface area contributed by atoms with Gasteiger partial charge >= 0.3 is 0 Å². The summed E-state index contributed by atoms with van der Waals surface area (Å²) in [6.07, 6.45) is 6.43. The van der Waals surface area contributed by atoms with E-state index in [2.05, 4.69) is 32.6 Å². The molecule has 3 heteroatoms. The monoisotopic (exact) mass is 270 g/mol. The summed E-state index contributed by atoms with van der Waals surface area (Å²) in [5.41, 5.74) is 5.79. The maximum absolute atomic E-state index is 5.78. The molecule has 0 atom stereocenters. The Balaban J connectivity index is 2.27. The van der Waals surface area contributed by atoms with E-state index in [0.717, 1.165) is 18.4 Å². The first-order valence-corrected chi connectivity index (χ1v) is 7.77. The van der Waals surface area contributed by atoms with Crippen LogP contribution in [-0.4, -0.2) is 29.0 Å². The van der Waals surface area contributed by atoms with Crippen LogP contribution in [0.4, 0.5) is 0 Å². The van der Waals surface area contributed by atoms with E-state index in [4.69, 9.17) is 18.0 Å². The summed E-state index contributed by atoms with van der Waals surface area (Å²) in [7, 11) is 0. The Kier molecular flexibility index (Phi) is 6.06. The average molecular weight is 270 g/mol. The summed E-state index contributed by atoms with van der Waals surface area (Å²) in [6, 6.07) is 0.872. The normalized spacial score (nSPS) is 16.6. The molecule has 0 aromatic rings. The summed E-state index contributed by atoms with van der Waals surface area (Å²) < 4.78 is 0. The van der Waals surface area contributed by atoms with E-state index in [0.29, 0.717) is 4.99 Å². The molecular formula is C15H30N2S. The molecule has 0 aromatic carbocycles. The lowest BCUT2D eigenvalue weighted by atomic mass is 9.88. The fourth-order valence-electron chi connectivity index (χ4n) is 2.19. The van der Waals surface area contributed by atoms with Gasteiger partial charge in [0.25, 0.3) is 0 Å². The van der Waals surface area contributed by atoms with Gasteiger partial charge in [0.15, 0.2) is 0 Å². The first kappa shape index (κ1) is 15.9. The van der Waals surface area contributed by atoms with E-state index in [1.54, 1.807) is 0 Å². The summed E-state index contributed by atoms with van der Waals surface area (Å²) in [4.78, 5) is 3.33. The van der Waals surface area contributed by atoms with Gasteiger partial charge in [0.2, 0.25) is 0 Å². The minimum atomic E-state index is 0.0165. The van der Waals surface area contributed by atoms with E-state index >= 15 is 0 Å². The van der Waals surface area contributed by atoms with Gasteiger partial charge in [-0.05, 0) is 51.1 Å². The lowest BCUT2D eigenvalue weighted by Gasteiger charge is -2.27. The Bertz CT molecular complexity index is 270. The van der Waals surface area contributed by atoms with Crippen molar-refractivity contribution in [2.45, 2.75) is 65.8 Å². The zero-order valence-corrected chi connectivity index (χ0v) is 13.4. The van der Waals surface area contributed by atoms with Gasteiger partial charge in [-0.2, -0.15) is 0 Å². The quantitative estimate of drug-likeness (QED) is 0.649. The highest BCUT2D eigenvalue weighted by Crippen LogP contribution is 2.29. The van der Waals surface area contributed by atoms with Crippen molar-refractivity contribution in [1.82, 2.24) is 4.90 Å². The van der Waals surface area contributed by atoms with Crippen molar-refractivity contribution in [3.05, 3.63) is 0 Å². The van der Waals surface area contributed by atoms with E-state index in [9.17, 15) is 0 Å². The largest absolute Gasteiger partial charge is 0.393 e. The van der Waals surface area contributed by atoms with Crippen LogP contribution in [0.15, 0.2) is 0 Å². The Morgan fingerprint density at radius 2 is 1.94 bits per heavy atom. The standard InChI is InChI=1S/C15H30N2S/c1-12(2)8-11-17(13-6-7-13)10-5-9-15(3,4)14(16)18/h12-13H,5-11H2,1-4H3,(H2,16,18). The van der Waals surface area contributed by atoms with Crippen molar-refractivity contribution < 1.29 is 0 Å². The highest BCUT2D eigenvalue weighted by atomic mass is 32.1. The highest BCUT2D eigenvalue weighted by molar-refractivity contribution is 7.80. The predicted octanol–water partition coefficient (Wildman–Crippen LogP) is 3.59. The van der Waals surface area contributed by atoms with Crippen LogP contribution in [0.2, 0.25) is 0 Å². The molecule has 0 aromatic heterocycles. The maximum atomic E-state index is 5.78. The molecule has 1 rings (SSSR count). The van der Waals surface area contributed by atoms with Crippen LogP contribution in [0.25, 0.3) is 0 Å². The second-order valence-electron chi connectivity index (χ2n) is 6.80. The molecule has 18 heavy (non-hydrogen) atoms. The van der Waals surface area contributed by atoms with Crippen LogP contribution in [0.3, 0.4) is 0 Å². The molecule has 0 saturated heterocycles. The first-order chi connectivity index (χ1) is 8.33. The van der Waals surface area contributed by atoms with Crippen molar-refractivity contribution in [3.8, 4) is 0 Å². The van der Waals surface area contributed by atoms with Crippen molar-refractivity contribution >= 4 is 17.2 Å². The molecule has 1 aliphatic rings. The number of thiocarbonyl (C=S) groups is 1. The second kappa shape index (κ2) is 6.85. The molecule has 1 saturated carbocycles. The number of hydrogen-bond donors (Lipinski definition) is 1. The number of hydrogen-bond acceptors (Lipinski definition) is 2. The van der Waals surface area contributed by atoms with E-state index in [1.165, 1.54) is 38.8 Å². The predicted molar refractivity (Wildman–Crippen MR) is 83.9 cm³/mol. The van der Waals surface area contributed by atoms with Gasteiger partial charge in [0.1, 0.15) is 0 Å². The topological polar surface area (TPSA) is 29.3 Å². The smallest absolute Gasteiger partial charge is 0.0784 e. The molecule has 0 unspecified atom stereocenters. The Morgan fingerprint density at radius 1 is 1.33 bits per heavy atom.